The van der Waals surface area contributed by atoms with Crippen molar-refractivity contribution >= 4 is 11.9 Å². The molecule has 0 saturated carbocycles. The molecule has 0 aromatic heterocycles. The van der Waals surface area contributed by atoms with Crippen LogP contribution in [0.5, 0.6) is 0 Å². The van der Waals surface area contributed by atoms with E-state index in [-0.39, 0.29) is 0 Å². The Morgan fingerprint density at radius 1 is 1.50 bits per heavy atom. The molecule has 0 aliphatic heterocycles. The number of aliphatic hydroxyl groups excluding tert-OH is 1. The van der Waals surface area contributed by atoms with E-state index in [9.17, 15) is 19.2 Å². The molecule has 1 aliphatic rings. The average Bonchev–Trinajstić information content (AvgIpc) is 2.72. The molecule has 0 aromatic rings. The molecule has 0 saturated heterocycles. The summed E-state index contributed by atoms with van der Waals surface area (Å²) in [5, 5.41) is 9.61. The monoisotopic (exact) mass is 232 g/mol. The second-order valence-corrected chi connectivity index (χ2v) is 3.82. The number of halogens is 1. The van der Waals surface area contributed by atoms with Gasteiger partial charge in [-0.3, -0.25) is 9.74 Å². The smallest absolute Gasteiger partial charge is 0.366 e. The van der Waals surface area contributed by atoms with Crippen molar-refractivity contribution in [1.82, 2.24) is 0 Å². The predicted molar refractivity (Wildman–Crippen MR) is 50.6 cm³/mol. The van der Waals surface area contributed by atoms with Crippen molar-refractivity contribution in [1.29, 1.82) is 0 Å². The molecule has 0 spiro atoms. The second-order valence-electron chi connectivity index (χ2n) is 3.82. The van der Waals surface area contributed by atoms with Gasteiger partial charge in [0.15, 0.2) is 5.41 Å². The van der Waals surface area contributed by atoms with Gasteiger partial charge in [-0.1, -0.05) is 12.2 Å². The van der Waals surface area contributed by atoms with E-state index < -0.39 is 29.4 Å². The molecule has 0 fully saturated rings. The van der Waals surface area contributed by atoms with Crippen molar-refractivity contribution in [3.05, 3.63) is 12.2 Å². The lowest BCUT2D eigenvalue weighted by molar-refractivity contribution is -0.205. The van der Waals surface area contributed by atoms with Gasteiger partial charge in [0.25, 0.3) is 0 Å². The van der Waals surface area contributed by atoms with Gasteiger partial charge in [-0.2, -0.15) is 0 Å². The zero-order valence-corrected chi connectivity index (χ0v) is 8.97. The zero-order chi connectivity index (χ0) is 12.3. The molecule has 0 bridgehead atoms. The van der Waals surface area contributed by atoms with Crippen LogP contribution < -0.4 is 0 Å². The summed E-state index contributed by atoms with van der Waals surface area (Å²) in [6, 6.07) is 0. The number of carbonyl (C=O) groups excluding carboxylic acids is 2. The molecule has 1 N–H and O–H groups in total. The van der Waals surface area contributed by atoms with E-state index in [0.29, 0.717) is 6.42 Å². The minimum atomic E-state index is -1.87. The Hall–Kier alpha value is -1.43. The summed E-state index contributed by atoms with van der Waals surface area (Å²) in [4.78, 5) is 26.0. The molecule has 6 heteroatoms. The van der Waals surface area contributed by atoms with Gasteiger partial charge in [-0.05, 0) is 13.3 Å². The van der Waals surface area contributed by atoms with Crippen LogP contribution >= 0.6 is 0 Å². The Morgan fingerprint density at radius 3 is 2.50 bits per heavy atom. The SMILES string of the molecule is COC(=O)C(C)(C(=O)OF)[C@H]1C=CC[C@H]1O. The first-order valence-electron chi connectivity index (χ1n) is 4.74. The van der Waals surface area contributed by atoms with Crippen LogP contribution in [-0.2, 0) is 19.3 Å². The zero-order valence-electron chi connectivity index (χ0n) is 8.97. The molecule has 0 radical (unpaired) electrons. The van der Waals surface area contributed by atoms with Crippen LogP contribution in [0.3, 0.4) is 0 Å². The lowest BCUT2D eigenvalue weighted by Crippen LogP contribution is -2.46. The lowest BCUT2D eigenvalue weighted by atomic mass is 9.75. The first-order valence-corrected chi connectivity index (χ1v) is 4.74. The van der Waals surface area contributed by atoms with Crippen LogP contribution in [0.2, 0.25) is 0 Å². The fourth-order valence-electron chi connectivity index (χ4n) is 1.86. The van der Waals surface area contributed by atoms with Crippen LogP contribution in [0, 0.1) is 11.3 Å². The maximum Gasteiger partial charge on any atom is 0.366 e. The molecule has 90 valence electrons. The molecule has 0 aromatic carbocycles. The fraction of sp³-hybridized carbons (Fsp3) is 0.600. The summed E-state index contributed by atoms with van der Waals surface area (Å²) in [7, 11) is 1.08. The summed E-state index contributed by atoms with van der Waals surface area (Å²) >= 11 is 0. The Balaban J connectivity index is 3.08. The van der Waals surface area contributed by atoms with Crippen molar-refractivity contribution in [2.45, 2.75) is 19.4 Å². The third-order valence-corrected chi connectivity index (χ3v) is 2.91. The van der Waals surface area contributed by atoms with Crippen LogP contribution in [0.4, 0.5) is 4.53 Å². The number of hydrogen-bond donors (Lipinski definition) is 1. The first-order chi connectivity index (χ1) is 7.48. The third kappa shape index (κ3) is 1.80. The topological polar surface area (TPSA) is 72.8 Å². The summed E-state index contributed by atoms with van der Waals surface area (Å²) in [6.07, 6.45) is 2.47. The molecule has 0 amide bonds. The van der Waals surface area contributed by atoms with Crippen LogP contribution in [0.1, 0.15) is 13.3 Å². The fourth-order valence-corrected chi connectivity index (χ4v) is 1.86. The second kappa shape index (κ2) is 4.61. The summed E-state index contributed by atoms with van der Waals surface area (Å²) < 4.78 is 16.4. The maximum absolute atomic E-state index is 12.0. The highest BCUT2D eigenvalue weighted by Crippen LogP contribution is 2.38. The highest BCUT2D eigenvalue weighted by molar-refractivity contribution is 6.00. The summed E-state index contributed by atoms with van der Waals surface area (Å²) in [5.74, 6) is -3.15. The summed E-state index contributed by atoms with van der Waals surface area (Å²) in [5.41, 5.74) is -1.87. The third-order valence-electron chi connectivity index (χ3n) is 2.91. The van der Waals surface area contributed by atoms with Gasteiger partial charge in [-0.15, -0.1) is 0 Å². The van der Waals surface area contributed by atoms with Crippen LogP contribution in [0.25, 0.3) is 0 Å². The van der Waals surface area contributed by atoms with E-state index in [4.69, 9.17) is 0 Å². The van der Waals surface area contributed by atoms with Gasteiger partial charge in [0.05, 0.1) is 13.2 Å². The number of methoxy groups -OCH3 is 1. The first kappa shape index (κ1) is 12.6. The van der Waals surface area contributed by atoms with E-state index in [0.717, 1.165) is 7.11 Å². The molecule has 16 heavy (non-hydrogen) atoms. The van der Waals surface area contributed by atoms with E-state index in [2.05, 4.69) is 9.68 Å². The van der Waals surface area contributed by atoms with Gasteiger partial charge in [-0.25, -0.2) is 4.79 Å². The largest absolute Gasteiger partial charge is 0.468 e. The minimum absolute atomic E-state index is 0.302. The van der Waals surface area contributed by atoms with Gasteiger partial charge in [0, 0.05) is 10.4 Å². The maximum atomic E-state index is 12.0. The Bertz CT molecular complexity index is 309. The van der Waals surface area contributed by atoms with E-state index in [1.807, 2.05) is 0 Å². The van der Waals surface area contributed by atoms with E-state index >= 15 is 0 Å². The number of carbonyl (C=O) groups is 2. The number of esters is 1. The predicted octanol–water partition coefficient (Wildman–Crippen LogP) is 0.530. The number of hydrogen-bond acceptors (Lipinski definition) is 5. The molecular weight excluding hydrogens is 219 g/mol. The van der Waals surface area contributed by atoms with Crippen molar-refractivity contribution in [2.24, 2.45) is 11.3 Å². The Morgan fingerprint density at radius 2 is 2.12 bits per heavy atom. The highest BCUT2D eigenvalue weighted by Gasteiger charge is 2.53. The Kier molecular flexibility index (Phi) is 3.64. The Labute approximate surface area is 91.7 Å². The van der Waals surface area contributed by atoms with Crippen LogP contribution in [-0.4, -0.2) is 30.3 Å². The van der Waals surface area contributed by atoms with Gasteiger partial charge >= 0.3 is 11.9 Å². The molecule has 0 heterocycles. The normalized spacial score (nSPS) is 27.2. The molecule has 1 unspecified atom stereocenters. The highest BCUT2D eigenvalue weighted by atomic mass is 19.3. The molecular formula is C10H13FO5. The average molecular weight is 232 g/mol. The van der Waals surface area contributed by atoms with Crippen LogP contribution in [0.15, 0.2) is 12.2 Å². The summed E-state index contributed by atoms with van der Waals surface area (Å²) in [6.45, 7) is 1.18. The van der Waals surface area contributed by atoms with E-state index in [1.54, 1.807) is 6.08 Å². The minimum Gasteiger partial charge on any atom is -0.468 e. The number of rotatable bonds is 3. The molecule has 1 rings (SSSR count). The van der Waals surface area contributed by atoms with Crippen molar-refractivity contribution in [3.8, 4) is 0 Å². The lowest BCUT2D eigenvalue weighted by Gasteiger charge is -2.29. The van der Waals surface area contributed by atoms with Crippen molar-refractivity contribution in [3.63, 3.8) is 0 Å². The van der Waals surface area contributed by atoms with Gasteiger partial charge in [0.2, 0.25) is 0 Å². The molecule has 3 atom stereocenters. The van der Waals surface area contributed by atoms with Crippen molar-refractivity contribution < 1.29 is 28.9 Å². The van der Waals surface area contributed by atoms with Crippen molar-refractivity contribution in [2.75, 3.05) is 7.11 Å². The molecule has 5 nitrogen and oxygen atoms in total. The van der Waals surface area contributed by atoms with Gasteiger partial charge in [0.1, 0.15) is 0 Å². The molecule has 1 aliphatic carbocycles. The quantitative estimate of drug-likeness (QED) is 0.436. The van der Waals surface area contributed by atoms with E-state index in [1.165, 1.54) is 13.0 Å². The standard InChI is InChI=1S/C10H13FO5/c1-10(8(13)15-2,9(14)16-11)6-4-3-5-7(6)12/h3-4,6-7,12H,5H2,1-2H3/t6-,7+,10?/m0/s1. The van der Waals surface area contributed by atoms with Gasteiger partial charge < -0.3 is 9.84 Å². The number of aliphatic hydroxyl groups is 1. The number of ether oxygens (including phenoxy) is 1.